The standard InChI is InChI=1S/C22H23BrN2O4/c1-4-29-22(27)11-14(2)25-20(18-12-16(23)7-10-21(18)26)13-19(24-25)15-5-8-17(28-3)9-6-15/h5-12,20,26H,4,13H2,1-3H3. The number of nitrogens with zero attached hydrogens (tertiary/aromatic N) is 2. The number of rotatable bonds is 6. The van der Waals surface area contributed by atoms with E-state index < -0.39 is 5.97 Å². The van der Waals surface area contributed by atoms with E-state index in [0.29, 0.717) is 18.7 Å². The molecule has 0 aliphatic carbocycles. The summed E-state index contributed by atoms with van der Waals surface area (Å²) >= 11 is 3.47. The first-order valence-corrected chi connectivity index (χ1v) is 10.1. The molecule has 0 saturated heterocycles. The Balaban J connectivity index is 2.00. The lowest BCUT2D eigenvalue weighted by Crippen LogP contribution is -2.19. The van der Waals surface area contributed by atoms with Crippen molar-refractivity contribution in [1.82, 2.24) is 5.01 Å². The molecule has 0 bridgehead atoms. The van der Waals surface area contributed by atoms with Crippen LogP contribution in [0.15, 0.2) is 63.8 Å². The van der Waals surface area contributed by atoms with Crippen molar-refractivity contribution >= 4 is 27.6 Å². The minimum Gasteiger partial charge on any atom is -0.508 e. The minimum absolute atomic E-state index is 0.179. The second-order valence-corrected chi connectivity index (χ2v) is 7.50. The van der Waals surface area contributed by atoms with Crippen LogP contribution in [-0.2, 0) is 9.53 Å². The summed E-state index contributed by atoms with van der Waals surface area (Å²) in [6.45, 7) is 3.87. The van der Waals surface area contributed by atoms with Gasteiger partial charge in [-0.25, -0.2) is 4.79 Å². The molecule has 0 aromatic heterocycles. The number of hydrazone groups is 1. The van der Waals surface area contributed by atoms with E-state index in [9.17, 15) is 9.90 Å². The third-order valence-corrected chi connectivity index (χ3v) is 5.15. The van der Waals surface area contributed by atoms with Gasteiger partial charge in [0.1, 0.15) is 11.5 Å². The summed E-state index contributed by atoms with van der Waals surface area (Å²) in [5.74, 6) is 0.525. The van der Waals surface area contributed by atoms with Crippen LogP contribution >= 0.6 is 15.9 Å². The maximum atomic E-state index is 12.0. The first-order valence-electron chi connectivity index (χ1n) is 9.27. The Hall–Kier alpha value is -2.80. The lowest BCUT2D eigenvalue weighted by Gasteiger charge is -2.25. The molecule has 2 aromatic rings. The minimum atomic E-state index is -0.421. The third-order valence-electron chi connectivity index (χ3n) is 4.66. The topological polar surface area (TPSA) is 71.4 Å². The van der Waals surface area contributed by atoms with Crippen LogP contribution < -0.4 is 4.74 Å². The number of allylic oxidation sites excluding steroid dienone is 1. The highest BCUT2D eigenvalue weighted by Crippen LogP contribution is 2.40. The average molecular weight is 459 g/mol. The van der Waals surface area contributed by atoms with Gasteiger partial charge in [-0.15, -0.1) is 0 Å². The first-order chi connectivity index (χ1) is 13.9. The average Bonchev–Trinajstić information content (AvgIpc) is 3.15. The predicted molar refractivity (Wildman–Crippen MR) is 115 cm³/mol. The van der Waals surface area contributed by atoms with Gasteiger partial charge in [0, 0.05) is 28.2 Å². The van der Waals surface area contributed by atoms with E-state index in [0.717, 1.165) is 27.1 Å². The SMILES string of the molecule is CCOC(=O)C=C(C)N1N=C(c2ccc(OC)cc2)CC1c1cc(Br)ccc1O. The Morgan fingerprint density at radius 3 is 2.69 bits per heavy atom. The monoisotopic (exact) mass is 458 g/mol. The molecule has 0 fully saturated rings. The number of hydrogen-bond acceptors (Lipinski definition) is 6. The molecule has 1 heterocycles. The predicted octanol–water partition coefficient (Wildman–Crippen LogP) is 4.78. The number of phenolic OH excluding ortho intramolecular Hbond substituents is 1. The summed E-state index contributed by atoms with van der Waals surface area (Å²) in [5, 5.41) is 17.0. The van der Waals surface area contributed by atoms with Gasteiger partial charge in [0.2, 0.25) is 0 Å². The van der Waals surface area contributed by atoms with Crippen molar-refractivity contribution in [3.05, 3.63) is 69.8 Å². The maximum Gasteiger partial charge on any atom is 0.332 e. The van der Waals surface area contributed by atoms with Gasteiger partial charge in [-0.1, -0.05) is 15.9 Å². The number of halogens is 1. The van der Waals surface area contributed by atoms with Crippen LogP contribution in [0, 0.1) is 0 Å². The molecule has 0 amide bonds. The molecular formula is C22H23BrN2O4. The number of benzene rings is 2. The van der Waals surface area contributed by atoms with E-state index in [2.05, 4.69) is 15.9 Å². The molecule has 0 spiro atoms. The molecule has 0 radical (unpaired) electrons. The Morgan fingerprint density at radius 2 is 2.03 bits per heavy atom. The van der Waals surface area contributed by atoms with E-state index in [-0.39, 0.29) is 11.8 Å². The van der Waals surface area contributed by atoms with Crippen LogP contribution in [0.1, 0.15) is 37.4 Å². The lowest BCUT2D eigenvalue weighted by molar-refractivity contribution is -0.137. The largest absolute Gasteiger partial charge is 0.508 e. The first kappa shape index (κ1) is 20.9. The zero-order valence-electron chi connectivity index (χ0n) is 16.6. The van der Waals surface area contributed by atoms with E-state index in [1.54, 1.807) is 38.1 Å². The van der Waals surface area contributed by atoms with Crippen molar-refractivity contribution in [2.24, 2.45) is 5.10 Å². The number of phenols is 1. The zero-order chi connectivity index (χ0) is 21.0. The molecule has 152 valence electrons. The van der Waals surface area contributed by atoms with Crippen LogP contribution in [-0.4, -0.2) is 35.5 Å². The number of carbonyl (C=O) groups excluding carboxylic acids is 1. The number of ether oxygens (including phenoxy) is 2. The van der Waals surface area contributed by atoms with Gasteiger partial charge >= 0.3 is 5.97 Å². The lowest BCUT2D eigenvalue weighted by atomic mass is 9.97. The molecular weight excluding hydrogens is 436 g/mol. The fourth-order valence-electron chi connectivity index (χ4n) is 3.25. The van der Waals surface area contributed by atoms with Gasteiger partial charge in [-0.2, -0.15) is 5.10 Å². The van der Waals surface area contributed by atoms with Gasteiger partial charge in [0.25, 0.3) is 0 Å². The zero-order valence-corrected chi connectivity index (χ0v) is 18.1. The van der Waals surface area contributed by atoms with Crippen molar-refractivity contribution in [2.45, 2.75) is 26.3 Å². The molecule has 2 aromatic carbocycles. The fourth-order valence-corrected chi connectivity index (χ4v) is 3.63. The highest BCUT2D eigenvalue weighted by atomic mass is 79.9. The Kier molecular flexibility index (Phi) is 6.59. The normalized spacial score (nSPS) is 16.6. The number of carbonyl (C=O) groups is 1. The summed E-state index contributed by atoms with van der Waals surface area (Å²) in [6.07, 6.45) is 2.00. The molecule has 1 unspecified atom stereocenters. The molecule has 0 saturated carbocycles. The van der Waals surface area contributed by atoms with Crippen molar-refractivity contribution < 1.29 is 19.4 Å². The van der Waals surface area contributed by atoms with Crippen LogP contribution in [0.3, 0.4) is 0 Å². The second kappa shape index (κ2) is 9.13. The number of methoxy groups -OCH3 is 1. The van der Waals surface area contributed by atoms with Gasteiger partial charge < -0.3 is 14.6 Å². The summed E-state index contributed by atoms with van der Waals surface area (Å²) in [6, 6.07) is 12.7. The maximum absolute atomic E-state index is 12.0. The van der Waals surface area contributed by atoms with Gasteiger partial charge in [-0.3, -0.25) is 5.01 Å². The van der Waals surface area contributed by atoms with Crippen LogP contribution in [0.2, 0.25) is 0 Å². The van der Waals surface area contributed by atoms with Crippen molar-refractivity contribution in [3.63, 3.8) is 0 Å². The summed E-state index contributed by atoms with van der Waals surface area (Å²) in [5.41, 5.74) is 3.17. The van der Waals surface area contributed by atoms with Crippen LogP contribution in [0.5, 0.6) is 11.5 Å². The second-order valence-electron chi connectivity index (χ2n) is 6.58. The Bertz CT molecular complexity index is 954. The third kappa shape index (κ3) is 4.79. The quantitative estimate of drug-likeness (QED) is 0.497. The molecule has 29 heavy (non-hydrogen) atoms. The number of esters is 1. The molecule has 1 N–H and O–H groups in total. The van der Waals surface area contributed by atoms with Crippen LogP contribution in [0.4, 0.5) is 0 Å². The molecule has 1 aliphatic heterocycles. The molecule has 1 aliphatic rings. The molecule has 3 rings (SSSR count). The van der Waals surface area contributed by atoms with Gasteiger partial charge in [0.05, 0.1) is 25.5 Å². The van der Waals surface area contributed by atoms with Gasteiger partial charge in [-0.05, 0) is 61.9 Å². The Labute approximate surface area is 178 Å². The Morgan fingerprint density at radius 1 is 1.31 bits per heavy atom. The summed E-state index contributed by atoms with van der Waals surface area (Å²) in [7, 11) is 1.62. The molecule has 6 nitrogen and oxygen atoms in total. The van der Waals surface area contributed by atoms with Crippen molar-refractivity contribution in [3.8, 4) is 11.5 Å². The van der Waals surface area contributed by atoms with E-state index >= 15 is 0 Å². The van der Waals surface area contributed by atoms with E-state index in [1.165, 1.54) is 6.08 Å². The summed E-state index contributed by atoms with van der Waals surface area (Å²) in [4.78, 5) is 12.0. The molecule has 1 atom stereocenters. The van der Waals surface area contributed by atoms with Crippen molar-refractivity contribution in [2.75, 3.05) is 13.7 Å². The molecule has 7 heteroatoms. The number of hydrogen-bond donors (Lipinski definition) is 1. The van der Waals surface area contributed by atoms with Crippen LogP contribution in [0.25, 0.3) is 0 Å². The smallest absolute Gasteiger partial charge is 0.332 e. The van der Waals surface area contributed by atoms with E-state index in [4.69, 9.17) is 14.6 Å². The van der Waals surface area contributed by atoms with Crippen molar-refractivity contribution in [1.29, 1.82) is 0 Å². The highest BCUT2D eigenvalue weighted by Gasteiger charge is 2.32. The fraction of sp³-hybridized carbons (Fsp3) is 0.273. The van der Waals surface area contributed by atoms with E-state index in [1.807, 2.05) is 30.3 Å². The van der Waals surface area contributed by atoms with Gasteiger partial charge in [0.15, 0.2) is 0 Å². The highest BCUT2D eigenvalue weighted by molar-refractivity contribution is 9.10. The number of aromatic hydroxyl groups is 1. The summed E-state index contributed by atoms with van der Waals surface area (Å²) < 4.78 is 11.1.